The van der Waals surface area contributed by atoms with Gasteiger partial charge in [0.15, 0.2) is 11.5 Å². The van der Waals surface area contributed by atoms with Crippen molar-refractivity contribution in [3.63, 3.8) is 0 Å². The van der Waals surface area contributed by atoms with Crippen molar-refractivity contribution in [3.8, 4) is 22.8 Å². The van der Waals surface area contributed by atoms with Gasteiger partial charge in [-0.05, 0) is 72.7 Å². The number of carbonyl (C=O) groups is 2. The number of amides is 1. The summed E-state index contributed by atoms with van der Waals surface area (Å²) in [6, 6.07) is 13.8. The van der Waals surface area contributed by atoms with Gasteiger partial charge in [-0.1, -0.05) is 12.1 Å². The van der Waals surface area contributed by atoms with E-state index in [1.54, 1.807) is 11.3 Å². The second-order valence-corrected chi connectivity index (χ2v) is 11.3. The Hall–Kier alpha value is -3.49. The fourth-order valence-corrected chi connectivity index (χ4v) is 6.64. The molecule has 0 unspecified atom stereocenters. The average Bonchev–Trinajstić information content (AvgIpc) is 3.64. The van der Waals surface area contributed by atoms with Crippen LogP contribution in [0.3, 0.4) is 0 Å². The number of Topliss-reactive ketones (excluding diaryl/α,β-unsaturated/α-hetero) is 1. The van der Waals surface area contributed by atoms with Gasteiger partial charge < -0.3 is 14.4 Å². The number of rotatable bonds is 6. The summed E-state index contributed by atoms with van der Waals surface area (Å²) in [6.45, 7) is 4.93. The molecule has 36 heavy (non-hydrogen) atoms. The number of aryl methyl sites for hydroxylation is 2. The summed E-state index contributed by atoms with van der Waals surface area (Å²) in [6.07, 6.45) is 1.45. The van der Waals surface area contributed by atoms with E-state index >= 15 is 0 Å². The lowest BCUT2D eigenvalue weighted by Crippen LogP contribution is -2.28. The fraction of sp³-hybridized carbons (Fsp3) is 0.250. The van der Waals surface area contributed by atoms with Crippen LogP contribution >= 0.6 is 22.7 Å². The topological polar surface area (TPSA) is 68.7 Å². The van der Waals surface area contributed by atoms with Crippen LogP contribution < -0.4 is 14.4 Å². The fourth-order valence-electron chi connectivity index (χ4n) is 4.78. The molecule has 2 aliphatic rings. The first-order valence-electron chi connectivity index (χ1n) is 11.8. The minimum atomic E-state index is 0.0714. The Kier molecular flexibility index (Phi) is 5.85. The first kappa shape index (κ1) is 22.9. The number of ketones is 1. The van der Waals surface area contributed by atoms with Gasteiger partial charge >= 0.3 is 0 Å². The zero-order chi connectivity index (χ0) is 24.8. The Morgan fingerprint density at radius 1 is 1.03 bits per heavy atom. The van der Waals surface area contributed by atoms with Gasteiger partial charge in [-0.2, -0.15) is 0 Å². The maximum atomic E-state index is 13.1. The molecule has 6 nitrogen and oxygen atoms in total. The zero-order valence-corrected chi connectivity index (χ0v) is 21.6. The van der Waals surface area contributed by atoms with Crippen LogP contribution in [0.25, 0.3) is 11.3 Å². The van der Waals surface area contributed by atoms with Crippen molar-refractivity contribution in [2.45, 2.75) is 33.1 Å². The van der Waals surface area contributed by atoms with Crippen LogP contribution in [0, 0.1) is 13.8 Å². The molecule has 0 saturated carbocycles. The van der Waals surface area contributed by atoms with E-state index in [-0.39, 0.29) is 18.5 Å². The molecule has 0 spiro atoms. The smallest absolute Gasteiger partial charge is 0.268 e. The van der Waals surface area contributed by atoms with E-state index in [1.807, 2.05) is 60.5 Å². The maximum absolute atomic E-state index is 13.1. The number of ether oxygens (including phenoxy) is 2. The molecule has 6 rings (SSSR count). The van der Waals surface area contributed by atoms with Crippen molar-refractivity contribution in [1.29, 1.82) is 0 Å². The predicted octanol–water partition coefficient (Wildman–Crippen LogP) is 5.77. The van der Waals surface area contributed by atoms with Crippen molar-refractivity contribution in [2.75, 3.05) is 18.2 Å². The standard InChI is InChI=1S/C28H24N2O4S2/c1-16-8-10-35-27(16)28(32)30-9-7-19-13-20(4-5-22(19)30)26-17(2)36-25(29-26)14-21(31)11-18-3-6-23-24(12-18)34-15-33-23/h3-6,8,10,12-13H,7,9,11,14-15H2,1-2H3. The number of hydrogen-bond donors (Lipinski definition) is 0. The number of hydrogen-bond acceptors (Lipinski definition) is 7. The molecule has 2 aromatic heterocycles. The summed E-state index contributed by atoms with van der Waals surface area (Å²) in [5.41, 5.74) is 6.00. The number of aromatic nitrogens is 1. The predicted molar refractivity (Wildman–Crippen MR) is 142 cm³/mol. The van der Waals surface area contributed by atoms with Gasteiger partial charge in [0.05, 0.1) is 17.0 Å². The van der Waals surface area contributed by atoms with Crippen LogP contribution in [0.2, 0.25) is 0 Å². The van der Waals surface area contributed by atoms with Crippen molar-refractivity contribution in [1.82, 2.24) is 4.98 Å². The molecule has 2 aromatic carbocycles. The van der Waals surface area contributed by atoms with Crippen LogP contribution in [0.5, 0.6) is 11.5 Å². The number of thiazole rings is 1. The molecule has 0 saturated heterocycles. The minimum Gasteiger partial charge on any atom is -0.454 e. The quantitative estimate of drug-likeness (QED) is 0.325. The van der Waals surface area contributed by atoms with Gasteiger partial charge in [0, 0.05) is 29.1 Å². The molecule has 0 radical (unpaired) electrons. The lowest BCUT2D eigenvalue weighted by molar-refractivity contribution is -0.117. The summed E-state index contributed by atoms with van der Waals surface area (Å²) >= 11 is 3.06. The number of nitrogens with zero attached hydrogens (tertiary/aromatic N) is 2. The third-order valence-corrected chi connectivity index (χ3v) is 8.55. The molecule has 1 amide bonds. The monoisotopic (exact) mass is 516 g/mol. The van der Waals surface area contributed by atoms with E-state index < -0.39 is 0 Å². The molecule has 0 N–H and O–H groups in total. The second-order valence-electron chi connectivity index (χ2n) is 9.08. The molecular weight excluding hydrogens is 492 g/mol. The first-order valence-corrected chi connectivity index (χ1v) is 13.5. The Bertz CT molecular complexity index is 1500. The molecule has 0 fully saturated rings. The lowest BCUT2D eigenvalue weighted by Gasteiger charge is -2.17. The second kappa shape index (κ2) is 9.19. The Balaban J connectivity index is 1.17. The van der Waals surface area contributed by atoms with Gasteiger partial charge in [0.25, 0.3) is 5.91 Å². The van der Waals surface area contributed by atoms with Gasteiger partial charge in [0.1, 0.15) is 10.8 Å². The molecule has 0 aliphatic carbocycles. The SMILES string of the molecule is Cc1ccsc1C(=O)N1CCc2cc(-c3nc(CC(=O)Cc4ccc5c(c4)OCO5)sc3C)ccc21. The van der Waals surface area contributed by atoms with Crippen molar-refractivity contribution < 1.29 is 19.1 Å². The number of benzene rings is 2. The highest BCUT2D eigenvalue weighted by Gasteiger charge is 2.28. The molecule has 4 heterocycles. The van der Waals surface area contributed by atoms with Crippen LogP contribution in [0.15, 0.2) is 47.8 Å². The number of carbonyl (C=O) groups excluding carboxylic acids is 2. The first-order chi connectivity index (χ1) is 17.5. The van der Waals surface area contributed by atoms with Crippen molar-refractivity contribution in [2.24, 2.45) is 0 Å². The Morgan fingerprint density at radius 3 is 2.72 bits per heavy atom. The van der Waals surface area contributed by atoms with E-state index in [1.165, 1.54) is 11.3 Å². The highest BCUT2D eigenvalue weighted by molar-refractivity contribution is 7.12. The number of fused-ring (bicyclic) bond motifs is 2. The van der Waals surface area contributed by atoms with Gasteiger partial charge in [-0.25, -0.2) is 4.98 Å². The summed E-state index contributed by atoms with van der Waals surface area (Å²) in [5, 5.41) is 2.78. The summed E-state index contributed by atoms with van der Waals surface area (Å²) in [4.78, 5) is 34.4. The molecule has 0 bridgehead atoms. The summed E-state index contributed by atoms with van der Waals surface area (Å²) < 4.78 is 10.8. The van der Waals surface area contributed by atoms with Crippen molar-refractivity contribution >= 4 is 40.1 Å². The molecule has 2 aliphatic heterocycles. The average molecular weight is 517 g/mol. The highest BCUT2D eigenvalue weighted by atomic mass is 32.1. The molecule has 182 valence electrons. The van der Waals surface area contributed by atoms with E-state index in [2.05, 4.69) is 6.07 Å². The van der Waals surface area contributed by atoms with Gasteiger partial charge in [-0.3, -0.25) is 9.59 Å². The normalized spacial score (nSPS) is 13.8. The minimum absolute atomic E-state index is 0.0714. The summed E-state index contributed by atoms with van der Waals surface area (Å²) in [7, 11) is 0. The van der Waals surface area contributed by atoms with Gasteiger partial charge in [0.2, 0.25) is 6.79 Å². The third kappa shape index (κ3) is 4.20. The summed E-state index contributed by atoms with van der Waals surface area (Å²) in [5.74, 6) is 1.59. The van der Waals surface area contributed by atoms with Crippen LogP contribution in [-0.2, 0) is 24.1 Å². The Morgan fingerprint density at radius 2 is 1.89 bits per heavy atom. The molecule has 8 heteroatoms. The zero-order valence-electron chi connectivity index (χ0n) is 20.0. The van der Waals surface area contributed by atoms with E-state index in [9.17, 15) is 9.59 Å². The number of thiophene rings is 1. The van der Waals surface area contributed by atoms with E-state index in [0.29, 0.717) is 25.1 Å². The third-order valence-electron chi connectivity index (χ3n) is 6.58. The van der Waals surface area contributed by atoms with Crippen LogP contribution in [0.4, 0.5) is 5.69 Å². The maximum Gasteiger partial charge on any atom is 0.268 e. The van der Waals surface area contributed by atoms with E-state index in [0.717, 1.165) is 60.6 Å². The van der Waals surface area contributed by atoms with E-state index in [4.69, 9.17) is 14.5 Å². The van der Waals surface area contributed by atoms with Crippen LogP contribution in [0.1, 0.15) is 36.2 Å². The van der Waals surface area contributed by atoms with Crippen LogP contribution in [-0.4, -0.2) is 30.0 Å². The number of anilines is 1. The molecule has 0 atom stereocenters. The Labute approximate surface area is 217 Å². The largest absolute Gasteiger partial charge is 0.454 e. The lowest BCUT2D eigenvalue weighted by atomic mass is 10.1. The highest BCUT2D eigenvalue weighted by Crippen LogP contribution is 2.36. The molecule has 4 aromatic rings. The molecular formula is C28H24N2O4S2. The van der Waals surface area contributed by atoms with Gasteiger partial charge in [-0.15, -0.1) is 22.7 Å². The van der Waals surface area contributed by atoms with Crippen molar-refractivity contribution in [3.05, 3.63) is 79.3 Å².